The monoisotopic (exact) mass is 334 g/mol. The second-order valence-electron chi connectivity index (χ2n) is 4.96. The largest absolute Gasteiger partial charge is 0.495 e. The zero-order valence-corrected chi connectivity index (χ0v) is 14.1. The molecule has 1 heterocycles. The fraction of sp³-hybridized carbons (Fsp3) is 0.312. The van der Waals surface area contributed by atoms with E-state index in [1.807, 2.05) is 18.1 Å². The van der Waals surface area contributed by atoms with Gasteiger partial charge in [-0.2, -0.15) is 0 Å². The van der Waals surface area contributed by atoms with Crippen molar-refractivity contribution in [2.75, 3.05) is 19.1 Å². The van der Waals surface area contributed by atoms with Crippen molar-refractivity contribution in [3.63, 3.8) is 0 Å². The standard InChI is InChI=1S/C16H19BrN2O/c1-10-6-14(15(20-5)7-11(10)2)19(4)16-8-12(3)13(17)9-18-16/h6-9H,1-5H3. The highest BCUT2D eigenvalue weighted by molar-refractivity contribution is 9.10. The normalized spacial score (nSPS) is 10.5. The number of aromatic nitrogens is 1. The number of hydrogen-bond acceptors (Lipinski definition) is 3. The van der Waals surface area contributed by atoms with E-state index < -0.39 is 0 Å². The molecule has 0 amide bonds. The average molecular weight is 335 g/mol. The third-order valence-corrected chi connectivity index (χ3v) is 4.36. The Morgan fingerprint density at radius 3 is 2.30 bits per heavy atom. The lowest BCUT2D eigenvalue weighted by Gasteiger charge is -2.22. The van der Waals surface area contributed by atoms with Crippen molar-refractivity contribution < 1.29 is 4.74 Å². The van der Waals surface area contributed by atoms with E-state index in [4.69, 9.17) is 4.74 Å². The molecule has 0 aliphatic heterocycles. The third-order valence-electron chi connectivity index (χ3n) is 3.53. The van der Waals surface area contributed by atoms with E-state index in [2.05, 4.69) is 59.9 Å². The van der Waals surface area contributed by atoms with Gasteiger partial charge in [0.2, 0.25) is 0 Å². The molecule has 0 bridgehead atoms. The van der Waals surface area contributed by atoms with Gasteiger partial charge < -0.3 is 9.64 Å². The maximum absolute atomic E-state index is 5.50. The number of pyridine rings is 1. The number of hydrogen-bond donors (Lipinski definition) is 0. The first-order chi connectivity index (χ1) is 9.43. The summed E-state index contributed by atoms with van der Waals surface area (Å²) in [5.41, 5.74) is 4.63. The summed E-state index contributed by atoms with van der Waals surface area (Å²) in [5, 5.41) is 0. The van der Waals surface area contributed by atoms with E-state index in [-0.39, 0.29) is 0 Å². The van der Waals surface area contributed by atoms with Gasteiger partial charge in [-0.15, -0.1) is 0 Å². The van der Waals surface area contributed by atoms with Crippen LogP contribution in [0.25, 0.3) is 0 Å². The van der Waals surface area contributed by atoms with E-state index in [1.54, 1.807) is 7.11 Å². The summed E-state index contributed by atoms with van der Waals surface area (Å²) in [6, 6.07) is 6.25. The SMILES string of the molecule is COc1cc(C)c(C)cc1N(C)c1cc(C)c(Br)cn1. The van der Waals surface area contributed by atoms with Crippen LogP contribution in [0.1, 0.15) is 16.7 Å². The third kappa shape index (κ3) is 2.80. The van der Waals surface area contributed by atoms with Crippen LogP contribution in [0.4, 0.5) is 11.5 Å². The fourth-order valence-electron chi connectivity index (χ4n) is 2.03. The average Bonchev–Trinajstić information content (AvgIpc) is 2.43. The Bertz CT molecular complexity index is 641. The van der Waals surface area contributed by atoms with Gasteiger partial charge in [-0.25, -0.2) is 4.98 Å². The molecule has 0 aliphatic carbocycles. The summed E-state index contributed by atoms with van der Waals surface area (Å²) in [6.07, 6.45) is 1.83. The van der Waals surface area contributed by atoms with Gasteiger partial charge in [0, 0.05) is 17.7 Å². The summed E-state index contributed by atoms with van der Waals surface area (Å²) in [6.45, 7) is 6.25. The first-order valence-corrected chi connectivity index (χ1v) is 7.24. The molecule has 1 aromatic heterocycles. The summed E-state index contributed by atoms with van der Waals surface area (Å²) in [5.74, 6) is 1.75. The van der Waals surface area contributed by atoms with Gasteiger partial charge >= 0.3 is 0 Å². The van der Waals surface area contributed by atoms with Crippen molar-refractivity contribution in [2.45, 2.75) is 20.8 Å². The molecule has 0 spiro atoms. The molecular weight excluding hydrogens is 316 g/mol. The molecule has 106 valence electrons. The molecule has 2 rings (SSSR count). The number of nitrogens with zero attached hydrogens (tertiary/aromatic N) is 2. The van der Waals surface area contributed by atoms with Crippen molar-refractivity contribution in [3.05, 3.63) is 45.6 Å². The molecule has 4 heteroatoms. The molecule has 0 saturated heterocycles. The van der Waals surface area contributed by atoms with Crippen LogP contribution in [-0.4, -0.2) is 19.1 Å². The van der Waals surface area contributed by atoms with Crippen molar-refractivity contribution in [3.8, 4) is 5.75 Å². The zero-order chi connectivity index (χ0) is 14.9. The summed E-state index contributed by atoms with van der Waals surface area (Å²) < 4.78 is 6.51. The fourth-order valence-corrected chi connectivity index (χ4v) is 2.25. The minimum absolute atomic E-state index is 0.859. The van der Waals surface area contributed by atoms with Crippen molar-refractivity contribution in [1.29, 1.82) is 0 Å². The molecular formula is C16H19BrN2O. The highest BCUT2D eigenvalue weighted by Gasteiger charge is 2.13. The quantitative estimate of drug-likeness (QED) is 0.823. The molecule has 0 saturated carbocycles. The van der Waals surface area contributed by atoms with Crippen LogP contribution in [0.15, 0.2) is 28.9 Å². The van der Waals surface area contributed by atoms with Gasteiger partial charge in [0.15, 0.2) is 0 Å². The van der Waals surface area contributed by atoms with E-state index >= 15 is 0 Å². The lowest BCUT2D eigenvalue weighted by molar-refractivity contribution is 0.415. The van der Waals surface area contributed by atoms with Crippen LogP contribution in [0.5, 0.6) is 5.75 Å². The van der Waals surface area contributed by atoms with Crippen molar-refractivity contribution in [2.24, 2.45) is 0 Å². The lowest BCUT2D eigenvalue weighted by Crippen LogP contribution is -2.13. The van der Waals surface area contributed by atoms with E-state index in [0.717, 1.165) is 27.3 Å². The highest BCUT2D eigenvalue weighted by Crippen LogP contribution is 2.34. The number of anilines is 2. The van der Waals surface area contributed by atoms with Crippen molar-refractivity contribution in [1.82, 2.24) is 4.98 Å². The Morgan fingerprint density at radius 2 is 1.70 bits per heavy atom. The van der Waals surface area contributed by atoms with E-state index in [1.165, 1.54) is 11.1 Å². The maximum Gasteiger partial charge on any atom is 0.142 e. The number of aryl methyl sites for hydroxylation is 3. The van der Waals surface area contributed by atoms with Crippen molar-refractivity contribution >= 4 is 27.4 Å². The van der Waals surface area contributed by atoms with Gasteiger partial charge in [-0.1, -0.05) is 0 Å². The van der Waals surface area contributed by atoms with Gasteiger partial charge in [-0.05, 0) is 71.6 Å². The molecule has 20 heavy (non-hydrogen) atoms. The number of ether oxygens (including phenoxy) is 1. The molecule has 3 nitrogen and oxygen atoms in total. The molecule has 1 aromatic carbocycles. The number of methoxy groups -OCH3 is 1. The number of rotatable bonds is 3. The van der Waals surface area contributed by atoms with Crippen LogP contribution >= 0.6 is 15.9 Å². The van der Waals surface area contributed by atoms with E-state index in [0.29, 0.717) is 0 Å². The lowest BCUT2D eigenvalue weighted by atomic mass is 10.1. The van der Waals surface area contributed by atoms with Crippen LogP contribution in [-0.2, 0) is 0 Å². The van der Waals surface area contributed by atoms with E-state index in [9.17, 15) is 0 Å². The minimum Gasteiger partial charge on any atom is -0.495 e. The second-order valence-corrected chi connectivity index (χ2v) is 5.81. The predicted octanol–water partition coefficient (Wildman–Crippen LogP) is 4.55. The predicted molar refractivity (Wildman–Crippen MR) is 87.2 cm³/mol. The number of benzene rings is 1. The van der Waals surface area contributed by atoms with Crippen LogP contribution in [0.2, 0.25) is 0 Å². The molecule has 0 atom stereocenters. The molecule has 0 radical (unpaired) electrons. The Labute approximate surface area is 128 Å². The van der Waals surface area contributed by atoms with Crippen LogP contribution in [0.3, 0.4) is 0 Å². The van der Waals surface area contributed by atoms with Gasteiger partial charge in [0.1, 0.15) is 11.6 Å². The molecule has 2 aromatic rings. The summed E-state index contributed by atoms with van der Waals surface area (Å²) in [4.78, 5) is 6.51. The van der Waals surface area contributed by atoms with Gasteiger partial charge in [-0.3, -0.25) is 0 Å². The van der Waals surface area contributed by atoms with Gasteiger partial charge in [0.25, 0.3) is 0 Å². The molecule has 0 fully saturated rings. The Hall–Kier alpha value is -1.55. The summed E-state index contributed by atoms with van der Waals surface area (Å²) in [7, 11) is 3.70. The van der Waals surface area contributed by atoms with Crippen LogP contribution < -0.4 is 9.64 Å². The minimum atomic E-state index is 0.859. The molecule has 0 unspecified atom stereocenters. The number of halogens is 1. The smallest absolute Gasteiger partial charge is 0.142 e. The highest BCUT2D eigenvalue weighted by atomic mass is 79.9. The maximum atomic E-state index is 5.50. The topological polar surface area (TPSA) is 25.4 Å². The molecule has 0 N–H and O–H groups in total. The summed E-state index contributed by atoms with van der Waals surface area (Å²) >= 11 is 3.48. The Balaban J connectivity index is 2.49. The van der Waals surface area contributed by atoms with Gasteiger partial charge in [0.05, 0.1) is 12.8 Å². The second kappa shape index (κ2) is 5.83. The zero-order valence-electron chi connectivity index (χ0n) is 12.5. The first kappa shape index (κ1) is 14.9. The Morgan fingerprint density at radius 1 is 1.05 bits per heavy atom. The Kier molecular flexibility index (Phi) is 4.33. The molecule has 0 aliphatic rings. The first-order valence-electron chi connectivity index (χ1n) is 6.45. The van der Waals surface area contributed by atoms with Crippen LogP contribution in [0, 0.1) is 20.8 Å².